The Morgan fingerprint density at radius 2 is 0.480 bits per heavy atom. The average molecular weight is 1040 g/mol. The van der Waals surface area contributed by atoms with Crippen molar-refractivity contribution in [3.8, 4) is 0 Å². The third-order valence-electron chi connectivity index (χ3n) is 12.3. The monoisotopic (exact) mass is 1030 g/mol. The van der Waals surface area contributed by atoms with E-state index < -0.39 is 6.10 Å². The van der Waals surface area contributed by atoms with Gasteiger partial charge >= 0.3 is 17.9 Å². The standard InChI is InChI=1S/C69H110O6/c1-4-7-10-13-16-19-22-25-28-30-32-33-34-35-37-38-41-44-47-50-53-56-59-62-68(71)74-65-66(64-73-67(70)61-58-55-52-49-46-43-40-27-24-21-18-15-12-9-6-3)75-69(72)63-60-57-54-51-48-45-42-39-36-31-29-26-23-20-17-14-11-8-5-2/h7-12,16-21,25-29,32-33,36,39-40,45,48,66H,4-6,13-15,22-24,30-31,34-35,37-38,41-44,46-47,49-65H2,1-3H3/b10-7-,11-8-,12-9-,19-16-,20-17-,21-18-,28-25-,29-26-,33-32-,39-36-,40-27-,48-45-. The third-order valence-corrected chi connectivity index (χ3v) is 12.3. The van der Waals surface area contributed by atoms with Crippen LogP contribution < -0.4 is 0 Å². The van der Waals surface area contributed by atoms with Crippen LogP contribution in [-0.4, -0.2) is 37.2 Å². The van der Waals surface area contributed by atoms with Crippen LogP contribution in [0.5, 0.6) is 0 Å². The normalized spacial score (nSPS) is 13.2. The molecule has 0 aromatic rings. The molecule has 0 saturated heterocycles. The van der Waals surface area contributed by atoms with E-state index in [4.69, 9.17) is 14.2 Å². The van der Waals surface area contributed by atoms with Crippen LogP contribution in [0.4, 0.5) is 0 Å². The van der Waals surface area contributed by atoms with Crippen LogP contribution in [0.25, 0.3) is 0 Å². The second-order valence-electron chi connectivity index (χ2n) is 19.5. The summed E-state index contributed by atoms with van der Waals surface area (Å²) < 4.78 is 16.9. The second-order valence-corrected chi connectivity index (χ2v) is 19.5. The minimum atomic E-state index is -0.812. The fraction of sp³-hybridized carbons (Fsp3) is 0.609. The van der Waals surface area contributed by atoms with Crippen LogP contribution in [0, 0.1) is 0 Å². The Bertz CT molecular complexity index is 1660. The van der Waals surface area contributed by atoms with Crippen molar-refractivity contribution >= 4 is 17.9 Å². The first-order chi connectivity index (χ1) is 37.0. The van der Waals surface area contributed by atoms with Crippen LogP contribution in [0.2, 0.25) is 0 Å². The van der Waals surface area contributed by atoms with E-state index in [0.717, 1.165) is 154 Å². The highest BCUT2D eigenvalue weighted by Gasteiger charge is 2.19. The Hall–Kier alpha value is -4.71. The zero-order valence-electron chi connectivity index (χ0n) is 48.3. The van der Waals surface area contributed by atoms with Gasteiger partial charge in [-0.05, 0) is 135 Å². The number of unbranched alkanes of at least 4 members (excludes halogenated alkanes) is 18. The summed E-state index contributed by atoms with van der Waals surface area (Å²) in [7, 11) is 0. The van der Waals surface area contributed by atoms with Crippen molar-refractivity contribution < 1.29 is 28.6 Å². The lowest BCUT2D eigenvalue weighted by atomic mass is 10.1. The van der Waals surface area contributed by atoms with E-state index in [1.54, 1.807) is 0 Å². The number of allylic oxidation sites excluding steroid dienone is 24. The molecule has 0 rings (SSSR count). The molecule has 0 N–H and O–H groups in total. The summed E-state index contributed by atoms with van der Waals surface area (Å²) in [6.07, 6.45) is 88.4. The van der Waals surface area contributed by atoms with Gasteiger partial charge < -0.3 is 14.2 Å². The lowest BCUT2D eigenvalue weighted by Crippen LogP contribution is -2.30. The van der Waals surface area contributed by atoms with Crippen LogP contribution in [-0.2, 0) is 28.6 Å². The van der Waals surface area contributed by atoms with Gasteiger partial charge in [0, 0.05) is 19.3 Å². The summed E-state index contributed by atoms with van der Waals surface area (Å²) in [5.41, 5.74) is 0. The summed E-state index contributed by atoms with van der Waals surface area (Å²) in [5, 5.41) is 0. The smallest absolute Gasteiger partial charge is 0.306 e. The highest BCUT2D eigenvalue weighted by molar-refractivity contribution is 5.71. The number of hydrogen-bond acceptors (Lipinski definition) is 6. The van der Waals surface area contributed by atoms with Gasteiger partial charge in [-0.15, -0.1) is 0 Å². The molecule has 6 nitrogen and oxygen atoms in total. The van der Waals surface area contributed by atoms with Gasteiger partial charge in [0.15, 0.2) is 6.10 Å². The largest absolute Gasteiger partial charge is 0.462 e. The van der Waals surface area contributed by atoms with Gasteiger partial charge in [-0.3, -0.25) is 14.4 Å². The molecule has 0 spiro atoms. The summed E-state index contributed by atoms with van der Waals surface area (Å²) >= 11 is 0. The van der Waals surface area contributed by atoms with Crippen molar-refractivity contribution in [3.63, 3.8) is 0 Å². The maximum atomic E-state index is 12.9. The number of carbonyl (C=O) groups excluding carboxylic acids is 3. The number of esters is 3. The Morgan fingerprint density at radius 1 is 0.267 bits per heavy atom. The first-order valence-electron chi connectivity index (χ1n) is 30.3. The fourth-order valence-corrected chi connectivity index (χ4v) is 7.89. The summed E-state index contributed by atoms with van der Waals surface area (Å²) in [6.45, 7) is 6.25. The first-order valence-corrected chi connectivity index (χ1v) is 30.3. The zero-order valence-corrected chi connectivity index (χ0v) is 48.3. The first kappa shape index (κ1) is 70.3. The molecule has 0 aliphatic heterocycles. The average Bonchev–Trinajstić information content (AvgIpc) is 3.41. The molecule has 1 unspecified atom stereocenters. The zero-order chi connectivity index (χ0) is 54.3. The number of ether oxygens (including phenoxy) is 3. The molecule has 1 atom stereocenters. The van der Waals surface area contributed by atoms with Gasteiger partial charge in [-0.1, -0.05) is 244 Å². The highest BCUT2D eigenvalue weighted by atomic mass is 16.6. The van der Waals surface area contributed by atoms with Crippen molar-refractivity contribution in [2.75, 3.05) is 13.2 Å². The predicted octanol–water partition coefficient (Wildman–Crippen LogP) is 20.8. The minimum absolute atomic E-state index is 0.105. The maximum absolute atomic E-state index is 12.9. The van der Waals surface area contributed by atoms with Crippen LogP contribution >= 0.6 is 0 Å². The van der Waals surface area contributed by atoms with Gasteiger partial charge in [0.2, 0.25) is 0 Å². The second kappa shape index (κ2) is 61.8. The van der Waals surface area contributed by atoms with Gasteiger partial charge in [-0.25, -0.2) is 0 Å². The van der Waals surface area contributed by atoms with Gasteiger partial charge in [0.25, 0.3) is 0 Å². The van der Waals surface area contributed by atoms with Crippen molar-refractivity contribution in [1.29, 1.82) is 0 Å². The molecule has 0 heterocycles. The third kappa shape index (κ3) is 60.0. The van der Waals surface area contributed by atoms with Crippen LogP contribution in [0.1, 0.15) is 252 Å². The lowest BCUT2D eigenvalue weighted by molar-refractivity contribution is -0.167. The van der Waals surface area contributed by atoms with Gasteiger partial charge in [0.05, 0.1) is 0 Å². The van der Waals surface area contributed by atoms with Crippen LogP contribution in [0.3, 0.4) is 0 Å². The number of rotatable bonds is 53. The van der Waals surface area contributed by atoms with Crippen molar-refractivity contribution in [1.82, 2.24) is 0 Å². The summed E-state index contributed by atoms with van der Waals surface area (Å²) in [4.78, 5) is 38.3. The molecule has 6 heteroatoms. The van der Waals surface area contributed by atoms with E-state index in [0.29, 0.717) is 19.3 Å². The molecule has 0 bridgehead atoms. The quantitative estimate of drug-likeness (QED) is 0.0261. The topological polar surface area (TPSA) is 78.9 Å². The molecule has 0 fully saturated rings. The molecule has 0 aliphatic carbocycles. The number of carbonyl (C=O) groups is 3. The van der Waals surface area contributed by atoms with Gasteiger partial charge in [-0.2, -0.15) is 0 Å². The van der Waals surface area contributed by atoms with E-state index in [1.165, 1.54) is 51.4 Å². The van der Waals surface area contributed by atoms with E-state index >= 15 is 0 Å². The Labute approximate surface area is 461 Å². The summed E-state index contributed by atoms with van der Waals surface area (Å²) in [5.74, 6) is -0.961. The van der Waals surface area contributed by atoms with E-state index in [1.807, 2.05) is 0 Å². The SMILES string of the molecule is CC/C=C\C/C=C\C/C=C\C/C=C\C/C=C\CCCCCC(=O)OC(COC(=O)CCCCCCC/C=C\C/C=C\C/C=C\CC)COC(=O)CCCCCCCCCCCC/C=C\C/C=C\C/C=C\C/C=C\CC. The molecular weight excluding hydrogens is 925 g/mol. The minimum Gasteiger partial charge on any atom is -0.462 e. The molecule has 0 aromatic heterocycles. The highest BCUT2D eigenvalue weighted by Crippen LogP contribution is 2.14. The van der Waals surface area contributed by atoms with E-state index in [2.05, 4.69) is 167 Å². The Kier molecular flexibility index (Phi) is 58.0. The van der Waals surface area contributed by atoms with Crippen molar-refractivity contribution in [2.24, 2.45) is 0 Å². The van der Waals surface area contributed by atoms with Crippen molar-refractivity contribution in [2.45, 2.75) is 258 Å². The Morgan fingerprint density at radius 3 is 0.760 bits per heavy atom. The predicted molar refractivity (Wildman–Crippen MR) is 325 cm³/mol. The van der Waals surface area contributed by atoms with E-state index in [-0.39, 0.29) is 37.5 Å². The maximum Gasteiger partial charge on any atom is 0.306 e. The molecule has 0 amide bonds. The van der Waals surface area contributed by atoms with Crippen molar-refractivity contribution in [3.05, 3.63) is 146 Å². The molecule has 75 heavy (non-hydrogen) atoms. The molecule has 0 saturated carbocycles. The molecule has 422 valence electrons. The number of hydrogen-bond donors (Lipinski definition) is 0. The lowest BCUT2D eigenvalue weighted by Gasteiger charge is -2.18. The summed E-state index contributed by atoms with van der Waals surface area (Å²) in [6, 6.07) is 0. The molecule has 0 aliphatic rings. The fourth-order valence-electron chi connectivity index (χ4n) is 7.89. The van der Waals surface area contributed by atoms with Gasteiger partial charge in [0.1, 0.15) is 13.2 Å². The molecule has 0 aromatic carbocycles. The molecule has 0 radical (unpaired) electrons. The van der Waals surface area contributed by atoms with Crippen LogP contribution in [0.15, 0.2) is 146 Å². The Balaban J connectivity index is 4.47. The van der Waals surface area contributed by atoms with E-state index in [9.17, 15) is 14.4 Å². The molecular formula is C69H110O6.